The monoisotopic (exact) mass is 255 g/mol. The average Bonchev–Trinajstić information content (AvgIpc) is 2.59. The van der Waals surface area contributed by atoms with Crippen LogP contribution in [-0.2, 0) is 9.53 Å². The largest absolute Gasteiger partial charge is 0.480 e. The second kappa shape index (κ2) is 5.42. The molecule has 1 aliphatic heterocycles. The molecule has 1 saturated heterocycles. The van der Waals surface area contributed by atoms with Gasteiger partial charge in [-0.1, -0.05) is 12.2 Å². The fourth-order valence-corrected chi connectivity index (χ4v) is 2.04. The van der Waals surface area contributed by atoms with Gasteiger partial charge >= 0.3 is 12.1 Å². The molecule has 0 spiro atoms. The van der Waals surface area contributed by atoms with Gasteiger partial charge in [-0.2, -0.15) is 0 Å². The van der Waals surface area contributed by atoms with Crippen LogP contribution in [0.2, 0.25) is 0 Å². The van der Waals surface area contributed by atoms with Crippen LogP contribution in [0.15, 0.2) is 12.2 Å². The molecule has 2 atom stereocenters. The molecule has 0 aromatic carbocycles. The molecule has 1 heterocycles. The molecule has 0 aromatic heterocycles. The number of rotatable bonds is 2. The quantitative estimate of drug-likeness (QED) is 0.769. The zero-order chi connectivity index (χ0) is 13.9. The highest BCUT2D eigenvalue weighted by atomic mass is 16.6. The van der Waals surface area contributed by atoms with E-state index in [-0.39, 0.29) is 5.92 Å². The Bertz CT molecular complexity index is 356. The van der Waals surface area contributed by atoms with Gasteiger partial charge in [0, 0.05) is 6.54 Å². The molecule has 102 valence electrons. The van der Waals surface area contributed by atoms with E-state index in [1.807, 2.05) is 19.1 Å². The number of hydrogen-bond acceptors (Lipinski definition) is 3. The van der Waals surface area contributed by atoms with Gasteiger partial charge in [-0.25, -0.2) is 9.59 Å². The summed E-state index contributed by atoms with van der Waals surface area (Å²) in [6, 6.07) is -0.791. The lowest BCUT2D eigenvalue weighted by Gasteiger charge is -2.26. The van der Waals surface area contributed by atoms with Crippen LogP contribution in [0.3, 0.4) is 0 Å². The van der Waals surface area contributed by atoms with Gasteiger partial charge in [0.15, 0.2) is 0 Å². The molecule has 0 aliphatic carbocycles. The van der Waals surface area contributed by atoms with Crippen molar-refractivity contribution >= 4 is 12.1 Å². The number of carboxylic acids is 1. The number of carbonyl (C=O) groups excluding carboxylic acids is 1. The minimum absolute atomic E-state index is 0.0867. The highest BCUT2D eigenvalue weighted by Crippen LogP contribution is 2.26. The highest BCUT2D eigenvalue weighted by molar-refractivity contribution is 5.81. The number of likely N-dealkylation sites (tertiary alicyclic amines) is 1. The molecule has 1 aliphatic rings. The Hall–Kier alpha value is -1.52. The molecule has 0 aromatic rings. The van der Waals surface area contributed by atoms with Gasteiger partial charge in [0.2, 0.25) is 0 Å². The van der Waals surface area contributed by atoms with Crippen molar-refractivity contribution in [2.45, 2.75) is 45.8 Å². The molecule has 18 heavy (non-hydrogen) atoms. The molecule has 1 rings (SSSR count). The van der Waals surface area contributed by atoms with Crippen molar-refractivity contribution in [1.82, 2.24) is 4.90 Å². The normalized spacial score (nSPS) is 24.6. The number of amides is 1. The molecule has 1 fully saturated rings. The van der Waals surface area contributed by atoms with E-state index in [9.17, 15) is 9.59 Å². The molecule has 5 nitrogen and oxygen atoms in total. The van der Waals surface area contributed by atoms with Crippen LogP contribution in [0.1, 0.15) is 34.1 Å². The first kappa shape index (κ1) is 14.5. The van der Waals surface area contributed by atoms with Crippen LogP contribution in [0.4, 0.5) is 4.79 Å². The van der Waals surface area contributed by atoms with Crippen molar-refractivity contribution in [3.05, 3.63) is 12.2 Å². The van der Waals surface area contributed by atoms with Crippen molar-refractivity contribution in [2.24, 2.45) is 5.92 Å². The average molecular weight is 255 g/mol. The first-order chi connectivity index (χ1) is 8.24. The van der Waals surface area contributed by atoms with E-state index in [0.29, 0.717) is 13.0 Å². The number of hydrogen-bond donors (Lipinski definition) is 1. The number of nitrogens with zero attached hydrogens (tertiary/aromatic N) is 1. The fourth-order valence-electron chi connectivity index (χ4n) is 2.04. The van der Waals surface area contributed by atoms with E-state index in [1.54, 1.807) is 20.8 Å². The first-order valence-electron chi connectivity index (χ1n) is 6.10. The van der Waals surface area contributed by atoms with Gasteiger partial charge in [-0.3, -0.25) is 4.90 Å². The molecule has 2 unspecified atom stereocenters. The Balaban J connectivity index is 2.78. The van der Waals surface area contributed by atoms with E-state index in [0.717, 1.165) is 0 Å². The van der Waals surface area contributed by atoms with Crippen molar-refractivity contribution in [3.8, 4) is 0 Å². The summed E-state index contributed by atoms with van der Waals surface area (Å²) >= 11 is 0. The number of aliphatic carboxylic acids is 1. The Morgan fingerprint density at radius 3 is 2.44 bits per heavy atom. The minimum Gasteiger partial charge on any atom is -0.480 e. The third-order valence-corrected chi connectivity index (χ3v) is 2.71. The molecule has 0 bridgehead atoms. The summed E-state index contributed by atoms with van der Waals surface area (Å²) in [4.78, 5) is 24.4. The number of allylic oxidation sites excluding steroid dienone is 1. The van der Waals surface area contributed by atoms with E-state index in [4.69, 9.17) is 9.84 Å². The molecule has 0 saturated carbocycles. The molecule has 0 radical (unpaired) electrons. The Morgan fingerprint density at radius 2 is 2.00 bits per heavy atom. The van der Waals surface area contributed by atoms with E-state index in [2.05, 4.69) is 0 Å². The second-order valence-corrected chi connectivity index (χ2v) is 5.51. The van der Waals surface area contributed by atoms with Crippen LogP contribution in [0.5, 0.6) is 0 Å². The Morgan fingerprint density at radius 1 is 1.39 bits per heavy atom. The number of carbonyl (C=O) groups is 2. The SMILES string of the molecule is C/C=C/C1CC(C(=O)O)N(C(=O)OC(C)(C)C)C1. The smallest absolute Gasteiger partial charge is 0.411 e. The maximum Gasteiger partial charge on any atom is 0.411 e. The van der Waals surface area contributed by atoms with Crippen LogP contribution < -0.4 is 0 Å². The highest BCUT2D eigenvalue weighted by Gasteiger charge is 2.40. The summed E-state index contributed by atoms with van der Waals surface area (Å²) in [6.07, 6.45) is 3.70. The molecule has 1 amide bonds. The lowest BCUT2D eigenvalue weighted by atomic mass is 10.1. The lowest BCUT2D eigenvalue weighted by molar-refractivity contribution is -0.142. The van der Waals surface area contributed by atoms with Gasteiger partial charge in [0.25, 0.3) is 0 Å². The summed E-state index contributed by atoms with van der Waals surface area (Å²) < 4.78 is 5.23. The maximum absolute atomic E-state index is 11.9. The van der Waals surface area contributed by atoms with Gasteiger partial charge in [0.05, 0.1) is 0 Å². The third-order valence-electron chi connectivity index (χ3n) is 2.71. The van der Waals surface area contributed by atoms with E-state index < -0.39 is 23.7 Å². The van der Waals surface area contributed by atoms with Gasteiger partial charge in [0.1, 0.15) is 11.6 Å². The standard InChI is InChI=1S/C13H21NO4/c1-5-6-9-7-10(11(15)16)14(8-9)12(17)18-13(2,3)4/h5-6,9-10H,7-8H2,1-4H3,(H,15,16)/b6-5+. The van der Waals surface area contributed by atoms with Crippen LogP contribution in [0, 0.1) is 5.92 Å². The summed E-state index contributed by atoms with van der Waals surface area (Å²) in [5.74, 6) is -0.892. The van der Waals surface area contributed by atoms with Crippen molar-refractivity contribution in [1.29, 1.82) is 0 Å². The molecule has 1 N–H and O–H groups in total. The van der Waals surface area contributed by atoms with Gasteiger partial charge < -0.3 is 9.84 Å². The molecular formula is C13H21NO4. The summed E-state index contributed by atoms with van der Waals surface area (Å²) in [5, 5.41) is 9.14. The van der Waals surface area contributed by atoms with Gasteiger partial charge in [-0.05, 0) is 40.0 Å². The zero-order valence-electron chi connectivity index (χ0n) is 11.3. The van der Waals surface area contributed by atoms with E-state index in [1.165, 1.54) is 4.90 Å². The Labute approximate surface area is 107 Å². The maximum atomic E-state index is 11.9. The van der Waals surface area contributed by atoms with E-state index >= 15 is 0 Å². The molecular weight excluding hydrogens is 234 g/mol. The fraction of sp³-hybridized carbons (Fsp3) is 0.692. The summed E-state index contributed by atoms with van der Waals surface area (Å²) in [7, 11) is 0. The summed E-state index contributed by atoms with van der Waals surface area (Å²) in [5.41, 5.74) is -0.612. The van der Waals surface area contributed by atoms with Crippen LogP contribution in [-0.4, -0.2) is 40.3 Å². The number of carboxylic acid groups (broad SMARTS) is 1. The minimum atomic E-state index is -0.979. The topological polar surface area (TPSA) is 66.8 Å². The summed E-state index contributed by atoms with van der Waals surface area (Å²) in [6.45, 7) is 7.57. The predicted molar refractivity (Wildman–Crippen MR) is 67.3 cm³/mol. The van der Waals surface area contributed by atoms with Crippen LogP contribution in [0.25, 0.3) is 0 Å². The van der Waals surface area contributed by atoms with Crippen molar-refractivity contribution in [3.63, 3.8) is 0 Å². The predicted octanol–water partition coefficient (Wildman–Crippen LogP) is 2.27. The van der Waals surface area contributed by atoms with Crippen LogP contribution >= 0.6 is 0 Å². The van der Waals surface area contributed by atoms with Gasteiger partial charge in [-0.15, -0.1) is 0 Å². The zero-order valence-corrected chi connectivity index (χ0v) is 11.3. The second-order valence-electron chi connectivity index (χ2n) is 5.51. The van der Waals surface area contributed by atoms with Crippen molar-refractivity contribution in [2.75, 3.05) is 6.54 Å². The number of ether oxygens (including phenoxy) is 1. The Kier molecular flexibility index (Phi) is 4.38. The molecule has 5 heteroatoms. The van der Waals surface area contributed by atoms with Crippen molar-refractivity contribution < 1.29 is 19.4 Å². The lowest BCUT2D eigenvalue weighted by Crippen LogP contribution is -2.43. The third kappa shape index (κ3) is 3.75. The first-order valence-corrected chi connectivity index (χ1v) is 6.10.